The second-order valence-corrected chi connectivity index (χ2v) is 13.9. The summed E-state index contributed by atoms with van der Waals surface area (Å²) < 4.78 is 27.9. The number of fused-ring (bicyclic) bond motifs is 2. The third kappa shape index (κ3) is 5.94. The zero-order chi connectivity index (χ0) is 25.9. The molecule has 1 fully saturated rings. The molecular weight excluding hydrogens is 520 g/mol. The molecule has 7 heteroatoms. The topological polar surface area (TPSA) is 40.6 Å². The second-order valence-electron chi connectivity index (χ2n) is 10.4. The fourth-order valence-electron chi connectivity index (χ4n) is 5.81. The van der Waals surface area contributed by atoms with Gasteiger partial charge in [0.1, 0.15) is 0 Å². The molecule has 3 aromatic rings. The fourth-order valence-corrected chi connectivity index (χ4v) is 8.74. The van der Waals surface area contributed by atoms with Crippen molar-refractivity contribution in [1.29, 1.82) is 0 Å². The SMILES string of the molecule is CN(CC(CCCN1CCC2(CC1)CSc1ccccc12)c1cccc(Cl)c1)S(=O)(=O)c1ccccc1. The molecule has 0 aliphatic carbocycles. The van der Waals surface area contributed by atoms with Crippen LogP contribution in [0.25, 0.3) is 0 Å². The highest BCUT2D eigenvalue weighted by Crippen LogP contribution is 2.49. The number of nitrogens with zero attached hydrogens (tertiary/aromatic N) is 2. The highest BCUT2D eigenvalue weighted by Gasteiger charge is 2.41. The molecular formula is C30H35ClN2O2S2. The second kappa shape index (κ2) is 11.5. The van der Waals surface area contributed by atoms with Gasteiger partial charge in [-0.15, -0.1) is 11.8 Å². The van der Waals surface area contributed by atoms with Crippen molar-refractivity contribution in [3.63, 3.8) is 0 Å². The summed E-state index contributed by atoms with van der Waals surface area (Å²) in [6, 6.07) is 25.5. The van der Waals surface area contributed by atoms with Crippen LogP contribution in [-0.4, -0.2) is 56.6 Å². The maximum absolute atomic E-state index is 13.2. The Hall–Kier alpha value is -1.83. The molecule has 196 valence electrons. The predicted molar refractivity (Wildman–Crippen MR) is 154 cm³/mol. The number of hydrogen-bond acceptors (Lipinski definition) is 4. The minimum absolute atomic E-state index is 0.0800. The van der Waals surface area contributed by atoms with E-state index in [0.29, 0.717) is 21.9 Å². The number of benzene rings is 3. The van der Waals surface area contributed by atoms with Crippen LogP contribution in [0.15, 0.2) is 88.7 Å². The fraction of sp³-hybridized carbons (Fsp3) is 0.400. The molecule has 4 nitrogen and oxygen atoms in total. The third-order valence-corrected chi connectivity index (χ3v) is 11.5. The molecule has 1 saturated heterocycles. The smallest absolute Gasteiger partial charge is 0.242 e. The number of rotatable bonds is 9. The number of hydrogen-bond donors (Lipinski definition) is 0. The Kier molecular flexibility index (Phi) is 8.32. The maximum Gasteiger partial charge on any atom is 0.242 e. The van der Waals surface area contributed by atoms with Gasteiger partial charge < -0.3 is 4.90 Å². The average molecular weight is 555 g/mol. The molecule has 1 atom stereocenters. The van der Waals surface area contributed by atoms with Crippen LogP contribution >= 0.6 is 23.4 Å². The molecule has 5 rings (SSSR count). The molecule has 0 amide bonds. The Morgan fingerprint density at radius 2 is 1.73 bits per heavy atom. The molecule has 1 spiro atoms. The van der Waals surface area contributed by atoms with Crippen molar-refractivity contribution in [1.82, 2.24) is 9.21 Å². The van der Waals surface area contributed by atoms with Gasteiger partial charge in [0.25, 0.3) is 0 Å². The minimum Gasteiger partial charge on any atom is -0.303 e. The van der Waals surface area contributed by atoms with Gasteiger partial charge in [0.15, 0.2) is 0 Å². The molecule has 0 radical (unpaired) electrons. The summed E-state index contributed by atoms with van der Waals surface area (Å²) in [6.07, 6.45) is 4.36. The van der Waals surface area contributed by atoms with Gasteiger partial charge in [0.2, 0.25) is 10.0 Å². The van der Waals surface area contributed by atoms with Crippen molar-refractivity contribution < 1.29 is 8.42 Å². The van der Waals surface area contributed by atoms with Gasteiger partial charge in [-0.05, 0) is 92.7 Å². The van der Waals surface area contributed by atoms with Crippen LogP contribution in [0.3, 0.4) is 0 Å². The lowest BCUT2D eigenvalue weighted by molar-refractivity contribution is 0.168. The van der Waals surface area contributed by atoms with E-state index in [2.05, 4.69) is 35.2 Å². The van der Waals surface area contributed by atoms with Crippen molar-refractivity contribution >= 4 is 33.4 Å². The van der Waals surface area contributed by atoms with E-state index in [0.717, 1.165) is 38.0 Å². The Bertz CT molecular complexity index is 1310. The largest absolute Gasteiger partial charge is 0.303 e. The number of piperidine rings is 1. The van der Waals surface area contributed by atoms with Gasteiger partial charge in [-0.3, -0.25) is 0 Å². The Balaban J connectivity index is 1.21. The van der Waals surface area contributed by atoms with E-state index in [-0.39, 0.29) is 5.92 Å². The molecule has 1 unspecified atom stereocenters. The van der Waals surface area contributed by atoms with Gasteiger partial charge in [0.05, 0.1) is 4.90 Å². The molecule has 0 N–H and O–H groups in total. The lowest BCUT2D eigenvalue weighted by atomic mass is 9.74. The maximum atomic E-state index is 13.2. The van der Waals surface area contributed by atoms with Crippen LogP contribution in [0.2, 0.25) is 5.02 Å². The predicted octanol–water partition coefficient (Wildman–Crippen LogP) is 6.66. The van der Waals surface area contributed by atoms with Crippen molar-refractivity contribution in [2.45, 2.75) is 46.8 Å². The van der Waals surface area contributed by atoms with E-state index in [9.17, 15) is 8.42 Å². The van der Waals surface area contributed by atoms with E-state index in [1.54, 1.807) is 36.9 Å². The quantitative estimate of drug-likeness (QED) is 0.296. The van der Waals surface area contributed by atoms with Crippen LogP contribution in [-0.2, 0) is 15.4 Å². The lowest BCUT2D eigenvalue weighted by Crippen LogP contribution is -2.43. The van der Waals surface area contributed by atoms with Crippen molar-refractivity contribution in [2.24, 2.45) is 0 Å². The summed E-state index contributed by atoms with van der Waals surface area (Å²) in [7, 11) is -1.87. The van der Waals surface area contributed by atoms with Gasteiger partial charge in [-0.2, -0.15) is 0 Å². The Labute approximate surface area is 231 Å². The van der Waals surface area contributed by atoms with E-state index in [4.69, 9.17) is 11.6 Å². The Morgan fingerprint density at radius 3 is 2.49 bits per heavy atom. The van der Waals surface area contributed by atoms with E-state index in [1.807, 2.05) is 36.0 Å². The van der Waals surface area contributed by atoms with E-state index >= 15 is 0 Å². The van der Waals surface area contributed by atoms with E-state index in [1.165, 1.54) is 27.8 Å². The number of halogens is 1. The average Bonchev–Trinajstić information content (AvgIpc) is 3.27. The van der Waals surface area contributed by atoms with E-state index < -0.39 is 10.0 Å². The van der Waals surface area contributed by atoms with Gasteiger partial charge >= 0.3 is 0 Å². The van der Waals surface area contributed by atoms with Crippen LogP contribution in [0.4, 0.5) is 0 Å². The summed E-state index contributed by atoms with van der Waals surface area (Å²) in [5, 5.41) is 0.687. The van der Waals surface area contributed by atoms with Crippen LogP contribution in [0.1, 0.15) is 42.7 Å². The molecule has 2 aliphatic rings. The molecule has 0 saturated carbocycles. The van der Waals surface area contributed by atoms with Crippen molar-refractivity contribution in [3.05, 3.63) is 95.0 Å². The summed E-state index contributed by atoms with van der Waals surface area (Å²) in [5.41, 5.74) is 3.00. The molecule has 0 aromatic heterocycles. The first-order valence-electron chi connectivity index (χ1n) is 13.1. The van der Waals surface area contributed by atoms with Crippen molar-refractivity contribution in [3.8, 4) is 0 Å². The van der Waals surface area contributed by atoms with Gasteiger partial charge in [0, 0.05) is 34.7 Å². The van der Waals surface area contributed by atoms with Crippen LogP contribution in [0.5, 0.6) is 0 Å². The monoisotopic (exact) mass is 554 g/mol. The molecule has 37 heavy (non-hydrogen) atoms. The third-order valence-electron chi connectivity index (χ3n) is 8.05. The summed E-state index contributed by atoms with van der Waals surface area (Å²) >= 11 is 8.34. The first kappa shape index (κ1) is 26.8. The zero-order valence-electron chi connectivity index (χ0n) is 21.4. The summed E-state index contributed by atoms with van der Waals surface area (Å²) in [6.45, 7) is 3.71. The number of thioether (sulfide) groups is 1. The molecule has 3 aromatic carbocycles. The number of sulfonamides is 1. The Morgan fingerprint density at radius 1 is 1.00 bits per heavy atom. The highest BCUT2D eigenvalue weighted by molar-refractivity contribution is 7.99. The standard InChI is InChI=1S/C30H35ClN2O2S2/c1-32(37(34,35)27-12-3-2-4-13-27)22-25(24-9-7-11-26(31)21-24)10-8-18-33-19-16-30(17-20-33)23-36-29-15-6-5-14-28(29)30/h2-7,9,11-15,21,25H,8,10,16-20,22-23H2,1H3. The normalized spacial score (nSPS) is 18.2. The van der Waals surface area contributed by atoms with Gasteiger partial charge in [-0.25, -0.2) is 12.7 Å². The number of likely N-dealkylation sites (tertiary alicyclic amines) is 1. The summed E-state index contributed by atoms with van der Waals surface area (Å²) in [4.78, 5) is 4.39. The zero-order valence-corrected chi connectivity index (χ0v) is 23.7. The lowest BCUT2D eigenvalue weighted by Gasteiger charge is -2.40. The minimum atomic E-state index is -3.55. The van der Waals surface area contributed by atoms with Crippen LogP contribution < -0.4 is 0 Å². The van der Waals surface area contributed by atoms with Gasteiger partial charge in [-0.1, -0.05) is 60.1 Å². The van der Waals surface area contributed by atoms with Crippen molar-refractivity contribution in [2.75, 3.05) is 39.0 Å². The summed E-state index contributed by atoms with van der Waals surface area (Å²) in [5.74, 6) is 1.29. The molecule has 2 heterocycles. The molecule has 2 aliphatic heterocycles. The first-order chi connectivity index (χ1) is 17.9. The first-order valence-corrected chi connectivity index (χ1v) is 15.9. The molecule has 0 bridgehead atoms. The number of likely N-dealkylation sites (N-methyl/N-ethyl adjacent to an activating group) is 1. The highest BCUT2D eigenvalue weighted by atomic mass is 35.5. The van der Waals surface area contributed by atoms with Crippen LogP contribution in [0, 0.1) is 0 Å².